The summed E-state index contributed by atoms with van der Waals surface area (Å²) >= 11 is 0. The Bertz CT molecular complexity index is 197. The van der Waals surface area contributed by atoms with Gasteiger partial charge in [-0.05, 0) is 64.6 Å². The lowest BCUT2D eigenvalue weighted by Crippen LogP contribution is -2.39. The van der Waals surface area contributed by atoms with Gasteiger partial charge in [-0.3, -0.25) is 4.90 Å². The fourth-order valence-electron chi connectivity index (χ4n) is 2.43. The summed E-state index contributed by atoms with van der Waals surface area (Å²) in [5.74, 6) is 0. The normalized spacial score (nSPS) is 22.2. The monoisotopic (exact) mass is 212 g/mol. The van der Waals surface area contributed by atoms with Crippen LogP contribution in [-0.2, 0) is 0 Å². The van der Waals surface area contributed by atoms with Crippen LogP contribution < -0.4 is 5.73 Å². The van der Waals surface area contributed by atoms with Crippen molar-refractivity contribution >= 4 is 0 Å². The number of nitrogens with zero attached hydrogens (tertiary/aromatic N) is 1. The predicted molar refractivity (Wildman–Crippen MR) is 67.0 cm³/mol. The molecule has 2 nitrogen and oxygen atoms in total. The second-order valence-electron chi connectivity index (χ2n) is 6.37. The third kappa shape index (κ3) is 3.76. The van der Waals surface area contributed by atoms with Crippen LogP contribution in [0.3, 0.4) is 0 Å². The summed E-state index contributed by atoms with van der Waals surface area (Å²) in [6.45, 7) is 12.6. The quantitative estimate of drug-likeness (QED) is 0.759. The summed E-state index contributed by atoms with van der Waals surface area (Å²) in [5, 5.41) is 0. The van der Waals surface area contributed by atoms with Gasteiger partial charge in [-0.2, -0.15) is 0 Å². The van der Waals surface area contributed by atoms with Crippen LogP contribution in [0.4, 0.5) is 0 Å². The lowest BCUT2D eigenvalue weighted by Gasteiger charge is -2.32. The number of rotatable bonds is 5. The zero-order chi connectivity index (χ0) is 11.5. The SMILES string of the molecule is CC(C)(CN)CCCN1CCCC1(C)C. The summed E-state index contributed by atoms with van der Waals surface area (Å²) in [4.78, 5) is 2.64. The highest BCUT2D eigenvalue weighted by molar-refractivity contribution is 4.87. The molecule has 0 saturated carbocycles. The van der Waals surface area contributed by atoms with Crippen LogP contribution in [0.5, 0.6) is 0 Å². The van der Waals surface area contributed by atoms with E-state index >= 15 is 0 Å². The Kier molecular flexibility index (Phi) is 4.19. The van der Waals surface area contributed by atoms with Gasteiger partial charge in [0.25, 0.3) is 0 Å². The van der Waals surface area contributed by atoms with Crippen LogP contribution in [0.2, 0.25) is 0 Å². The van der Waals surface area contributed by atoms with Crippen molar-refractivity contribution in [1.82, 2.24) is 4.90 Å². The predicted octanol–water partition coefficient (Wildman–Crippen LogP) is 2.63. The summed E-state index contributed by atoms with van der Waals surface area (Å²) in [6.07, 6.45) is 5.25. The van der Waals surface area contributed by atoms with E-state index < -0.39 is 0 Å². The molecular weight excluding hydrogens is 184 g/mol. The Morgan fingerprint density at radius 1 is 1.33 bits per heavy atom. The molecule has 0 spiro atoms. The molecule has 90 valence electrons. The lowest BCUT2D eigenvalue weighted by atomic mass is 9.88. The molecule has 0 aromatic heterocycles. The van der Waals surface area contributed by atoms with Crippen LogP contribution in [0.25, 0.3) is 0 Å². The molecule has 0 radical (unpaired) electrons. The molecule has 1 rings (SSSR count). The van der Waals surface area contributed by atoms with Gasteiger partial charge in [-0.25, -0.2) is 0 Å². The summed E-state index contributed by atoms with van der Waals surface area (Å²) < 4.78 is 0. The van der Waals surface area contributed by atoms with E-state index in [9.17, 15) is 0 Å². The average molecular weight is 212 g/mol. The summed E-state index contributed by atoms with van der Waals surface area (Å²) in [7, 11) is 0. The largest absolute Gasteiger partial charge is 0.330 e. The fraction of sp³-hybridized carbons (Fsp3) is 1.00. The highest BCUT2D eigenvalue weighted by Gasteiger charge is 2.31. The molecule has 15 heavy (non-hydrogen) atoms. The van der Waals surface area contributed by atoms with Gasteiger partial charge < -0.3 is 5.73 Å². The summed E-state index contributed by atoms with van der Waals surface area (Å²) in [6, 6.07) is 0. The van der Waals surface area contributed by atoms with Gasteiger partial charge in [-0.1, -0.05) is 13.8 Å². The molecule has 0 aromatic rings. The fourth-order valence-corrected chi connectivity index (χ4v) is 2.43. The van der Waals surface area contributed by atoms with Crippen LogP contribution in [0.1, 0.15) is 53.4 Å². The molecule has 0 bridgehead atoms. The first-order valence-electron chi connectivity index (χ1n) is 6.32. The van der Waals surface area contributed by atoms with Crippen molar-refractivity contribution in [2.45, 2.75) is 58.9 Å². The highest BCUT2D eigenvalue weighted by Crippen LogP contribution is 2.29. The van der Waals surface area contributed by atoms with Gasteiger partial charge in [0.1, 0.15) is 0 Å². The summed E-state index contributed by atoms with van der Waals surface area (Å²) in [5.41, 5.74) is 6.50. The van der Waals surface area contributed by atoms with Gasteiger partial charge in [0.05, 0.1) is 0 Å². The molecule has 0 amide bonds. The molecular formula is C13H28N2. The Labute approximate surface area is 95.2 Å². The third-order valence-corrected chi connectivity index (χ3v) is 3.91. The molecule has 2 heteroatoms. The molecule has 1 heterocycles. The molecule has 1 saturated heterocycles. The Morgan fingerprint density at radius 2 is 2.00 bits per heavy atom. The van der Waals surface area contributed by atoms with E-state index in [2.05, 4.69) is 32.6 Å². The van der Waals surface area contributed by atoms with Crippen molar-refractivity contribution in [1.29, 1.82) is 0 Å². The Hall–Kier alpha value is -0.0800. The van der Waals surface area contributed by atoms with Gasteiger partial charge >= 0.3 is 0 Å². The molecule has 0 atom stereocenters. The number of nitrogens with two attached hydrogens (primary N) is 1. The van der Waals surface area contributed by atoms with Crippen molar-refractivity contribution in [3.05, 3.63) is 0 Å². The van der Waals surface area contributed by atoms with E-state index in [-0.39, 0.29) is 0 Å². The average Bonchev–Trinajstić information content (AvgIpc) is 2.46. The molecule has 0 unspecified atom stereocenters. The van der Waals surface area contributed by atoms with Crippen LogP contribution in [-0.4, -0.2) is 30.1 Å². The first kappa shape index (κ1) is 13.0. The molecule has 2 N–H and O–H groups in total. The zero-order valence-corrected chi connectivity index (χ0v) is 11.0. The smallest absolute Gasteiger partial charge is 0.0153 e. The molecule has 0 aromatic carbocycles. The van der Waals surface area contributed by atoms with E-state index in [0.717, 1.165) is 6.54 Å². The first-order valence-corrected chi connectivity index (χ1v) is 6.32. The minimum absolute atomic E-state index is 0.323. The van der Waals surface area contributed by atoms with E-state index in [1.807, 2.05) is 0 Å². The topological polar surface area (TPSA) is 29.3 Å². The highest BCUT2D eigenvalue weighted by atomic mass is 15.2. The second kappa shape index (κ2) is 4.84. The van der Waals surface area contributed by atoms with Gasteiger partial charge in [0, 0.05) is 5.54 Å². The number of hydrogen-bond donors (Lipinski definition) is 1. The molecule has 1 aliphatic heterocycles. The minimum atomic E-state index is 0.323. The number of hydrogen-bond acceptors (Lipinski definition) is 2. The Morgan fingerprint density at radius 3 is 2.47 bits per heavy atom. The van der Waals surface area contributed by atoms with E-state index in [4.69, 9.17) is 5.73 Å². The molecule has 1 fully saturated rings. The van der Waals surface area contributed by atoms with Crippen molar-refractivity contribution in [2.75, 3.05) is 19.6 Å². The van der Waals surface area contributed by atoms with Crippen LogP contribution >= 0.6 is 0 Å². The van der Waals surface area contributed by atoms with Crippen LogP contribution in [0, 0.1) is 5.41 Å². The maximum absolute atomic E-state index is 5.74. The minimum Gasteiger partial charge on any atom is -0.330 e. The maximum Gasteiger partial charge on any atom is 0.0153 e. The van der Waals surface area contributed by atoms with Crippen molar-refractivity contribution in [3.8, 4) is 0 Å². The molecule has 1 aliphatic rings. The Balaban J connectivity index is 2.26. The van der Waals surface area contributed by atoms with Gasteiger partial charge in [0.15, 0.2) is 0 Å². The van der Waals surface area contributed by atoms with Crippen molar-refractivity contribution in [3.63, 3.8) is 0 Å². The maximum atomic E-state index is 5.74. The molecule has 0 aliphatic carbocycles. The first-order chi connectivity index (χ1) is 6.87. The van der Waals surface area contributed by atoms with Gasteiger partial charge in [-0.15, -0.1) is 0 Å². The number of likely N-dealkylation sites (tertiary alicyclic amines) is 1. The van der Waals surface area contributed by atoms with Gasteiger partial charge in [0.2, 0.25) is 0 Å². The van der Waals surface area contributed by atoms with E-state index in [1.165, 1.54) is 38.8 Å². The van der Waals surface area contributed by atoms with Crippen LogP contribution in [0.15, 0.2) is 0 Å². The third-order valence-electron chi connectivity index (χ3n) is 3.91. The van der Waals surface area contributed by atoms with E-state index in [1.54, 1.807) is 0 Å². The zero-order valence-electron chi connectivity index (χ0n) is 11.0. The van der Waals surface area contributed by atoms with Crippen molar-refractivity contribution in [2.24, 2.45) is 11.1 Å². The lowest BCUT2D eigenvalue weighted by molar-refractivity contribution is 0.163. The van der Waals surface area contributed by atoms with E-state index in [0.29, 0.717) is 11.0 Å². The standard InChI is InChI=1S/C13H28N2/c1-12(2,11-14)7-5-9-15-10-6-8-13(15,3)4/h5-11,14H2,1-4H3. The van der Waals surface area contributed by atoms with Crippen molar-refractivity contribution < 1.29 is 0 Å². The second-order valence-corrected chi connectivity index (χ2v) is 6.37.